The van der Waals surface area contributed by atoms with Crippen molar-refractivity contribution < 1.29 is 14.7 Å². The second kappa shape index (κ2) is 6.52. The first kappa shape index (κ1) is 16.7. The monoisotopic (exact) mass is 362 g/mol. The second-order valence-electron chi connectivity index (χ2n) is 7.51. The largest absolute Gasteiger partial charge is 0.481 e. The van der Waals surface area contributed by atoms with Crippen LogP contribution in [0.5, 0.6) is 0 Å². The van der Waals surface area contributed by atoms with Crippen LogP contribution in [0.2, 0.25) is 5.02 Å². The van der Waals surface area contributed by atoms with E-state index in [0.29, 0.717) is 18.1 Å². The number of carboxylic acid groups (broad SMARTS) is 1. The third-order valence-corrected chi connectivity index (χ3v) is 6.52. The molecule has 3 fully saturated rings. The van der Waals surface area contributed by atoms with Gasteiger partial charge in [-0.3, -0.25) is 9.59 Å². The van der Waals surface area contributed by atoms with Crippen molar-refractivity contribution in [1.82, 2.24) is 4.90 Å². The lowest BCUT2D eigenvalue weighted by molar-refractivity contribution is -0.153. The van der Waals surface area contributed by atoms with E-state index >= 15 is 0 Å². The highest BCUT2D eigenvalue weighted by Gasteiger charge is 2.54. The van der Waals surface area contributed by atoms with Gasteiger partial charge < -0.3 is 14.9 Å². The van der Waals surface area contributed by atoms with Gasteiger partial charge in [0.05, 0.1) is 11.8 Å². The van der Waals surface area contributed by atoms with Gasteiger partial charge >= 0.3 is 5.97 Å². The van der Waals surface area contributed by atoms with Gasteiger partial charge in [0.15, 0.2) is 0 Å². The summed E-state index contributed by atoms with van der Waals surface area (Å²) in [5.74, 6) is -1.03. The number of halogens is 1. The number of nitrogens with zero attached hydrogens (tertiary/aromatic N) is 2. The third kappa shape index (κ3) is 2.99. The molecule has 2 saturated carbocycles. The molecule has 4 rings (SSSR count). The summed E-state index contributed by atoms with van der Waals surface area (Å²) in [7, 11) is 0. The summed E-state index contributed by atoms with van der Waals surface area (Å²) < 4.78 is 0. The van der Waals surface area contributed by atoms with Crippen molar-refractivity contribution in [2.24, 2.45) is 23.7 Å². The zero-order valence-corrected chi connectivity index (χ0v) is 14.9. The highest BCUT2D eigenvalue weighted by molar-refractivity contribution is 6.30. The molecule has 2 aliphatic carbocycles. The van der Waals surface area contributed by atoms with Crippen LogP contribution in [-0.4, -0.2) is 48.1 Å². The van der Waals surface area contributed by atoms with Crippen LogP contribution >= 0.6 is 11.6 Å². The molecule has 1 aromatic rings. The van der Waals surface area contributed by atoms with Gasteiger partial charge in [0.25, 0.3) is 0 Å². The van der Waals surface area contributed by atoms with Crippen molar-refractivity contribution >= 4 is 29.2 Å². The number of hydrogen-bond acceptors (Lipinski definition) is 3. The first-order valence-electron chi connectivity index (χ1n) is 9.06. The summed E-state index contributed by atoms with van der Waals surface area (Å²) >= 11 is 5.94. The first-order valence-corrected chi connectivity index (χ1v) is 9.44. The number of carbonyl (C=O) groups is 2. The Morgan fingerprint density at radius 3 is 2.16 bits per heavy atom. The van der Waals surface area contributed by atoms with Crippen LogP contribution in [0, 0.1) is 23.7 Å². The van der Waals surface area contributed by atoms with E-state index in [4.69, 9.17) is 11.6 Å². The Balaban J connectivity index is 1.41. The molecule has 1 aliphatic heterocycles. The number of carboxylic acids is 1. The van der Waals surface area contributed by atoms with Gasteiger partial charge in [-0.15, -0.1) is 0 Å². The molecule has 0 aromatic heterocycles. The number of amides is 1. The summed E-state index contributed by atoms with van der Waals surface area (Å²) in [5, 5.41) is 10.3. The SMILES string of the molecule is O=C(O)[C@H]1[C@H]2CC[C@H](C2)[C@@H]1C(=O)N1CCN(c2ccc(Cl)cc2)CC1. The Kier molecular flexibility index (Phi) is 4.36. The highest BCUT2D eigenvalue weighted by Crippen LogP contribution is 2.53. The second-order valence-corrected chi connectivity index (χ2v) is 7.95. The highest BCUT2D eigenvalue weighted by atomic mass is 35.5. The molecule has 3 aliphatic rings. The molecule has 1 heterocycles. The molecule has 0 spiro atoms. The van der Waals surface area contributed by atoms with E-state index in [0.717, 1.165) is 38.0 Å². The zero-order chi connectivity index (χ0) is 17.6. The van der Waals surface area contributed by atoms with Crippen LogP contribution < -0.4 is 4.90 Å². The molecule has 1 amide bonds. The molecule has 0 radical (unpaired) electrons. The third-order valence-electron chi connectivity index (χ3n) is 6.27. The summed E-state index contributed by atoms with van der Waals surface area (Å²) in [6, 6.07) is 7.74. The number of rotatable bonds is 3. The van der Waals surface area contributed by atoms with Gasteiger partial charge in [0, 0.05) is 36.9 Å². The molecular weight excluding hydrogens is 340 g/mol. The first-order chi connectivity index (χ1) is 12.0. The number of hydrogen-bond donors (Lipinski definition) is 1. The van der Waals surface area contributed by atoms with Crippen LogP contribution in [0.4, 0.5) is 5.69 Å². The minimum Gasteiger partial charge on any atom is -0.481 e. The van der Waals surface area contributed by atoms with E-state index in [9.17, 15) is 14.7 Å². The number of aliphatic carboxylic acids is 1. The topological polar surface area (TPSA) is 60.9 Å². The average molecular weight is 363 g/mol. The van der Waals surface area contributed by atoms with Crippen molar-refractivity contribution in [3.63, 3.8) is 0 Å². The molecule has 1 N–H and O–H groups in total. The normalized spacial score (nSPS) is 31.4. The van der Waals surface area contributed by atoms with Gasteiger partial charge in [-0.2, -0.15) is 0 Å². The van der Waals surface area contributed by atoms with Crippen molar-refractivity contribution in [3.05, 3.63) is 29.3 Å². The minimum absolute atomic E-state index is 0.0651. The van der Waals surface area contributed by atoms with Crippen molar-refractivity contribution in [1.29, 1.82) is 0 Å². The van der Waals surface area contributed by atoms with Crippen molar-refractivity contribution in [2.45, 2.75) is 19.3 Å². The van der Waals surface area contributed by atoms with Crippen molar-refractivity contribution in [3.8, 4) is 0 Å². The van der Waals surface area contributed by atoms with E-state index in [1.807, 2.05) is 29.2 Å². The van der Waals surface area contributed by atoms with Crippen LogP contribution in [-0.2, 0) is 9.59 Å². The molecular formula is C19H23ClN2O3. The number of fused-ring (bicyclic) bond motifs is 2. The predicted octanol–water partition coefficient (Wildman–Crippen LogP) is 2.74. The fraction of sp³-hybridized carbons (Fsp3) is 0.579. The summed E-state index contributed by atoms with van der Waals surface area (Å²) in [6.07, 6.45) is 2.89. The van der Waals surface area contributed by atoms with Crippen LogP contribution in [0.15, 0.2) is 24.3 Å². The van der Waals surface area contributed by atoms with E-state index < -0.39 is 11.9 Å². The minimum atomic E-state index is -0.787. The summed E-state index contributed by atoms with van der Waals surface area (Å²) in [5.41, 5.74) is 1.11. The molecule has 0 unspecified atom stereocenters. The quantitative estimate of drug-likeness (QED) is 0.898. The maximum atomic E-state index is 13.0. The Hall–Kier alpha value is -1.75. The van der Waals surface area contributed by atoms with Crippen LogP contribution in [0.25, 0.3) is 0 Å². The smallest absolute Gasteiger partial charge is 0.307 e. The maximum absolute atomic E-state index is 13.0. The molecule has 6 heteroatoms. The van der Waals surface area contributed by atoms with E-state index in [2.05, 4.69) is 4.90 Å². The van der Waals surface area contributed by atoms with Crippen LogP contribution in [0.1, 0.15) is 19.3 Å². The molecule has 1 saturated heterocycles. The van der Waals surface area contributed by atoms with E-state index in [-0.39, 0.29) is 23.7 Å². The van der Waals surface area contributed by atoms with Crippen molar-refractivity contribution in [2.75, 3.05) is 31.1 Å². The Bertz CT molecular complexity index is 670. The van der Waals surface area contributed by atoms with Gasteiger partial charge in [-0.25, -0.2) is 0 Å². The summed E-state index contributed by atoms with van der Waals surface area (Å²) in [4.78, 5) is 28.8. The molecule has 25 heavy (non-hydrogen) atoms. The number of anilines is 1. The van der Waals surface area contributed by atoms with Crippen LogP contribution in [0.3, 0.4) is 0 Å². The zero-order valence-electron chi connectivity index (χ0n) is 14.1. The standard InChI is InChI=1S/C19H23ClN2O3/c20-14-3-5-15(6-4-14)21-7-9-22(10-8-21)18(23)16-12-1-2-13(11-12)17(16)19(24)25/h3-6,12-13,16-17H,1-2,7-11H2,(H,24,25)/t12-,13+,16+,17+/m1/s1. The van der Waals surface area contributed by atoms with Gasteiger partial charge in [0.2, 0.25) is 5.91 Å². The molecule has 4 atom stereocenters. The maximum Gasteiger partial charge on any atom is 0.307 e. The fourth-order valence-electron chi connectivity index (χ4n) is 5.05. The lowest BCUT2D eigenvalue weighted by Crippen LogP contribution is -2.52. The lowest BCUT2D eigenvalue weighted by Gasteiger charge is -2.39. The van der Waals surface area contributed by atoms with E-state index in [1.165, 1.54) is 0 Å². The Morgan fingerprint density at radius 2 is 1.56 bits per heavy atom. The van der Waals surface area contributed by atoms with E-state index in [1.54, 1.807) is 0 Å². The number of piperazine rings is 1. The van der Waals surface area contributed by atoms with Gasteiger partial charge in [-0.05, 0) is 55.4 Å². The molecule has 2 bridgehead atoms. The lowest BCUT2D eigenvalue weighted by atomic mass is 9.78. The van der Waals surface area contributed by atoms with Gasteiger partial charge in [0.1, 0.15) is 0 Å². The number of benzene rings is 1. The average Bonchev–Trinajstić information content (AvgIpc) is 3.23. The number of carbonyl (C=O) groups excluding carboxylic acids is 1. The molecule has 1 aromatic carbocycles. The van der Waals surface area contributed by atoms with Gasteiger partial charge in [-0.1, -0.05) is 11.6 Å². The Morgan fingerprint density at radius 1 is 0.960 bits per heavy atom. The molecule has 134 valence electrons. The molecule has 5 nitrogen and oxygen atoms in total. The fourth-order valence-corrected chi connectivity index (χ4v) is 5.18. The predicted molar refractivity (Wildman–Crippen MR) is 95.7 cm³/mol. The Labute approximate surface area is 152 Å². The summed E-state index contributed by atoms with van der Waals surface area (Å²) in [6.45, 7) is 2.85.